The summed E-state index contributed by atoms with van der Waals surface area (Å²) >= 11 is 0.0263. The van der Waals surface area contributed by atoms with Gasteiger partial charge in [0.25, 0.3) is 0 Å². The molecule has 3 heteroatoms. The van der Waals surface area contributed by atoms with Crippen LogP contribution in [0.4, 0.5) is 0 Å². The number of hydrogen-bond donors (Lipinski definition) is 0. The summed E-state index contributed by atoms with van der Waals surface area (Å²) in [5.41, 5.74) is 2.31. The molecule has 0 unspecified atom stereocenters. The average Bonchev–Trinajstić information content (AvgIpc) is 2.93. The third-order valence-corrected chi connectivity index (χ3v) is 10.2. The average molecular weight is 378 g/mol. The third-order valence-electron chi connectivity index (χ3n) is 4.27. The van der Waals surface area contributed by atoms with Crippen LogP contribution in [0.25, 0.3) is 31.4 Å². The molecule has 0 aliphatic heterocycles. The SMILES string of the molecule is [CH3][Ge]([CH3])([CH3])[c]1cccc2c1sc1c(-c3ccccc3)nccc12. The van der Waals surface area contributed by atoms with Crippen LogP contribution in [0.3, 0.4) is 0 Å². The summed E-state index contributed by atoms with van der Waals surface area (Å²) in [6, 6.07) is 19.5. The predicted octanol–water partition coefficient (Wildman–Crippen LogP) is 5.66. The number of rotatable bonds is 2. The van der Waals surface area contributed by atoms with Gasteiger partial charge in [-0.1, -0.05) is 0 Å². The normalized spacial score (nSPS) is 12.1. The Labute approximate surface area is 143 Å². The topological polar surface area (TPSA) is 12.9 Å². The van der Waals surface area contributed by atoms with Crippen LogP contribution in [-0.2, 0) is 0 Å². The van der Waals surface area contributed by atoms with Crippen LogP contribution in [0, 0.1) is 0 Å². The van der Waals surface area contributed by atoms with Gasteiger partial charge in [-0.25, -0.2) is 0 Å². The van der Waals surface area contributed by atoms with Crippen molar-refractivity contribution < 1.29 is 0 Å². The number of thiophene rings is 1. The fraction of sp³-hybridized carbons (Fsp3) is 0.150. The third kappa shape index (κ3) is 2.50. The van der Waals surface area contributed by atoms with Crippen molar-refractivity contribution in [2.75, 3.05) is 0 Å². The first-order chi connectivity index (χ1) is 11.1. The molecule has 0 amide bonds. The van der Waals surface area contributed by atoms with E-state index in [9.17, 15) is 0 Å². The van der Waals surface area contributed by atoms with Crippen LogP contribution in [0.1, 0.15) is 0 Å². The van der Waals surface area contributed by atoms with E-state index in [4.69, 9.17) is 0 Å². The van der Waals surface area contributed by atoms with Crippen molar-refractivity contribution >= 4 is 49.2 Å². The molecule has 0 spiro atoms. The second kappa shape index (κ2) is 5.46. The molecule has 0 radical (unpaired) electrons. The Morgan fingerprint density at radius 3 is 2.26 bits per heavy atom. The van der Waals surface area contributed by atoms with Crippen molar-refractivity contribution in [2.45, 2.75) is 17.3 Å². The van der Waals surface area contributed by atoms with E-state index in [2.05, 4.69) is 76.8 Å². The number of aromatic nitrogens is 1. The van der Waals surface area contributed by atoms with Gasteiger partial charge >= 0.3 is 143 Å². The summed E-state index contributed by atoms with van der Waals surface area (Å²) < 4.78 is 4.38. The van der Waals surface area contributed by atoms with Crippen molar-refractivity contribution in [1.29, 1.82) is 0 Å². The number of fused-ring (bicyclic) bond motifs is 3. The number of nitrogens with zero attached hydrogens (tertiary/aromatic N) is 1. The van der Waals surface area contributed by atoms with Gasteiger partial charge < -0.3 is 0 Å². The molecule has 23 heavy (non-hydrogen) atoms. The second-order valence-corrected chi connectivity index (χ2v) is 18.5. The molecule has 0 atom stereocenters. The van der Waals surface area contributed by atoms with E-state index in [1.807, 2.05) is 17.5 Å². The first kappa shape index (κ1) is 14.9. The zero-order valence-corrected chi connectivity index (χ0v) is 16.5. The number of benzene rings is 2. The van der Waals surface area contributed by atoms with Gasteiger partial charge in [-0.3, -0.25) is 0 Å². The van der Waals surface area contributed by atoms with Gasteiger partial charge in [0.05, 0.1) is 0 Å². The summed E-state index contributed by atoms with van der Waals surface area (Å²) in [4.78, 5) is 4.69. The fourth-order valence-electron chi connectivity index (χ4n) is 3.12. The molecule has 1 nitrogen and oxygen atoms in total. The fourth-order valence-corrected chi connectivity index (χ4v) is 9.22. The van der Waals surface area contributed by atoms with Crippen molar-refractivity contribution in [2.24, 2.45) is 0 Å². The standard InChI is InChI=1S/C20H19GeNS/c1-21(2,3)17-11-7-10-15-16-12-13-22-18(20(16)23-19(15)17)14-8-5-4-6-9-14/h4-13H,1-3H3. The molecule has 4 aromatic rings. The molecule has 114 valence electrons. The zero-order chi connectivity index (χ0) is 16.0. The molecular weight excluding hydrogens is 359 g/mol. The molecule has 0 aliphatic carbocycles. The van der Waals surface area contributed by atoms with E-state index in [0.717, 1.165) is 5.69 Å². The molecule has 0 aliphatic rings. The van der Waals surface area contributed by atoms with E-state index in [1.165, 1.54) is 25.7 Å². The summed E-state index contributed by atoms with van der Waals surface area (Å²) in [7, 11) is 0. The van der Waals surface area contributed by atoms with Gasteiger partial charge in [0.1, 0.15) is 0 Å². The summed E-state index contributed by atoms with van der Waals surface area (Å²) in [6.45, 7) is 0. The van der Waals surface area contributed by atoms with Crippen LogP contribution in [0.2, 0.25) is 17.3 Å². The van der Waals surface area contributed by atoms with Gasteiger partial charge in [-0.15, -0.1) is 0 Å². The zero-order valence-electron chi connectivity index (χ0n) is 13.6. The first-order valence-corrected chi connectivity index (χ1v) is 16.1. The Hall–Kier alpha value is -1.65. The molecule has 4 rings (SSSR count). The predicted molar refractivity (Wildman–Crippen MR) is 106 cm³/mol. The quantitative estimate of drug-likeness (QED) is 0.410. The minimum absolute atomic E-state index is 1.11. The van der Waals surface area contributed by atoms with Crippen LogP contribution < -0.4 is 4.40 Å². The monoisotopic (exact) mass is 379 g/mol. The number of pyridine rings is 1. The molecule has 0 saturated heterocycles. The Balaban J connectivity index is 2.10. The van der Waals surface area contributed by atoms with E-state index < -0.39 is 13.3 Å². The van der Waals surface area contributed by atoms with Crippen molar-refractivity contribution in [3.05, 3.63) is 60.8 Å². The molecule has 0 fully saturated rings. The van der Waals surface area contributed by atoms with E-state index >= 15 is 0 Å². The molecule has 0 saturated carbocycles. The van der Waals surface area contributed by atoms with Gasteiger partial charge in [-0.05, 0) is 0 Å². The molecule has 2 aromatic carbocycles. The van der Waals surface area contributed by atoms with Gasteiger partial charge in [0, 0.05) is 0 Å². The van der Waals surface area contributed by atoms with Crippen molar-refractivity contribution in [1.82, 2.24) is 4.98 Å². The van der Waals surface area contributed by atoms with Gasteiger partial charge in [-0.2, -0.15) is 0 Å². The molecule has 0 bridgehead atoms. The molecule has 2 heterocycles. The van der Waals surface area contributed by atoms with E-state index in [-0.39, 0.29) is 0 Å². The van der Waals surface area contributed by atoms with Crippen LogP contribution in [0.5, 0.6) is 0 Å². The first-order valence-electron chi connectivity index (χ1n) is 7.92. The second-order valence-electron chi connectivity index (χ2n) is 6.94. The maximum absolute atomic E-state index is 4.69. The van der Waals surface area contributed by atoms with E-state index in [0.29, 0.717) is 0 Å². The Bertz CT molecular complexity index is 997. The molecule has 0 N–H and O–H groups in total. The van der Waals surface area contributed by atoms with Crippen LogP contribution in [-0.4, -0.2) is 18.3 Å². The van der Waals surface area contributed by atoms with Crippen LogP contribution in [0.15, 0.2) is 60.8 Å². The summed E-state index contributed by atoms with van der Waals surface area (Å²) in [6.07, 6.45) is 1.95. The van der Waals surface area contributed by atoms with Crippen molar-refractivity contribution in [3.8, 4) is 11.3 Å². The van der Waals surface area contributed by atoms with Gasteiger partial charge in [0.15, 0.2) is 0 Å². The summed E-state index contributed by atoms with van der Waals surface area (Å²) in [5, 5.41) is 2.73. The number of hydrogen-bond acceptors (Lipinski definition) is 2. The maximum atomic E-state index is 4.69. The Kier molecular flexibility index (Phi) is 3.54. The van der Waals surface area contributed by atoms with Crippen molar-refractivity contribution in [3.63, 3.8) is 0 Å². The molecule has 2 aromatic heterocycles. The summed E-state index contributed by atoms with van der Waals surface area (Å²) in [5.74, 6) is 7.40. The van der Waals surface area contributed by atoms with E-state index in [1.54, 1.807) is 4.40 Å². The van der Waals surface area contributed by atoms with Crippen LogP contribution >= 0.6 is 11.3 Å². The Morgan fingerprint density at radius 1 is 0.783 bits per heavy atom. The minimum atomic E-state index is -1.89. The van der Waals surface area contributed by atoms with Gasteiger partial charge in [0.2, 0.25) is 0 Å². The molecular formula is C20H19GeNS. The Morgan fingerprint density at radius 2 is 1.52 bits per heavy atom.